The monoisotopic (exact) mass is 130 g/mol. The van der Waals surface area contributed by atoms with Crippen molar-refractivity contribution in [3.8, 4) is 0 Å². The molecule has 0 unspecified atom stereocenters. The predicted molar refractivity (Wildman–Crippen MR) is 35.4 cm³/mol. The van der Waals surface area contributed by atoms with Crippen molar-refractivity contribution in [3.05, 3.63) is 0 Å². The lowest BCUT2D eigenvalue weighted by Crippen LogP contribution is -1.90. The van der Waals surface area contributed by atoms with Gasteiger partial charge in [-0.1, -0.05) is 11.3 Å². The average molecular weight is 130 g/mol. The van der Waals surface area contributed by atoms with E-state index in [-0.39, 0.29) is 0 Å². The molecule has 0 radical (unpaired) electrons. The summed E-state index contributed by atoms with van der Waals surface area (Å²) < 4.78 is 0. The molecule has 0 saturated carbocycles. The van der Waals surface area contributed by atoms with Gasteiger partial charge >= 0.3 is 0 Å². The number of rotatable bonds is 0. The van der Waals surface area contributed by atoms with Crippen molar-refractivity contribution in [3.63, 3.8) is 0 Å². The molecule has 0 aliphatic rings. The van der Waals surface area contributed by atoms with Crippen LogP contribution in [0.25, 0.3) is 0 Å². The zero-order valence-corrected chi connectivity index (χ0v) is 4.90. The first-order valence-electron chi connectivity index (χ1n) is 1.97. The highest BCUT2D eigenvalue weighted by Gasteiger charge is 1.98. The van der Waals surface area contributed by atoms with Crippen LogP contribution < -0.4 is 17.2 Å². The number of anilines is 3. The Morgan fingerprint density at radius 1 is 1.25 bits per heavy atom. The van der Waals surface area contributed by atoms with Crippen LogP contribution in [0, 0.1) is 0 Å². The standard InChI is InChI=1S/C3H6N4S/c4-1-2(5)8-3(6)7-1/h4-5H2,(H2,6,7). The Balaban J connectivity index is 3.14. The van der Waals surface area contributed by atoms with E-state index in [4.69, 9.17) is 17.2 Å². The summed E-state index contributed by atoms with van der Waals surface area (Å²) in [6, 6.07) is 0. The van der Waals surface area contributed by atoms with Gasteiger partial charge < -0.3 is 17.2 Å². The topological polar surface area (TPSA) is 90.9 Å². The first kappa shape index (κ1) is 5.17. The highest BCUT2D eigenvalue weighted by Crippen LogP contribution is 2.23. The predicted octanol–water partition coefficient (Wildman–Crippen LogP) is -0.110. The first-order chi connectivity index (χ1) is 3.70. The molecule has 0 spiro atoms. The van der Waals surface area contributed by atoms with Crippen molar-refractivity contribution in [1.29, 1.82) is 0 Å². The van der Waals surface area contributed by atoms with Gasteiger partial charge in [0.15, 0.2) is 10.9 Å². The molecule has 1 aromatic rings. The fourth-order valence-corrected chi connectivity index (χ4v) is 0.881. The number of hydrogen-bond acceptors (Lipinski definition) is 5. The summed E-state index contributed by atoms with van der Waals surface area (Å²) in [6.07, 6.45) is 0. The van der Waals surface area contributed by atoms with Gasteiger partial charge in [-0.3, -0.25) is 0 Å². The van der Waals surface area contributed by atoms with E-state index in [1.54, 1.807) is 0 Å². The van der Waals surface area contributed by atoms with Crippen LogP contribution >= 0.6 is 11.3 Å². The Hall–Kier alpha value is -0.970. The van der Waals surface area contributed by atoms with Crippen LogP contribution in [0.5, 0.6) is 0 Å². The van der Waals surface area contributed by atoms with Gasteiger partial charge in [-0.15, -0.1) is 0 Å². The number of nitrogen functional groups attached to an aromatic ring is 3. The van der Waals surface area contributed by atoms with Gasteiger partial charge in [0, 0.05) is 0 Å². The highest BCUT2D eigenvalue weighted by atomic mass is 32.1. The second kappa shape index (κ2) is 1.52. The Bertz CT molecular complexity index is 174. The van der Waals surface area contributed by atoms with E-state index < -0.39 is 0 Å². The van der Waals surface area contributed by atoms with E-state index in [1.165, 1.54) is 11.3 Å². The van der Waals surface area contributed by atoms with Crippen LogP contribution in [-0.4, -0.2) is 4.98 Å². The molecule has 8 heavy (non-hydrogen) atoms. The molecule has 1 rings (SSSR count). The summed E-state index contributed by atoms with van der Waals surface area (Å²) in [7, 11) is 0. The maximum absolute atomic E-state index is 5.29. The van der Waals surface area contributed by atoms with Crippen molar-refractivity contribution >= 4 is 27.3 Å². The van der Waals surface area contributed by atoms with Gasteiger partial charge in [-0.2, -0.15) is 0 Å². The van der Waals surface area contributed by atoms with Crippen molar-refractivity contribution < 1.29 is 0 Å². The van der Waals surface area contributed by atoms with Gasteiger partial charge in [-0.05, 0) is 0 Å². The molecule has 6 N–H and O–H groups in total. The minimum atomic E-state index is 0.326. The minimum Gasteiger partial charge on any atom is -0.387 e. The van der Waals surface area contributed by atoms with E-state index in [1.807, 2.05) is 0 Å². The van der Waals surface area contributed by atoms with Gasteiger partial charge in [0.1, 0.15) is 5.00 Å². The summed E-state index contributed by atoms with van der Waals surface area (Å²) in [5.74, 6) is 0.326. The number of nitrogens with two attached hydrogens (primary N) is 3. The van der Waals surface area contributed by atoms with E-state index in [9.17, 15) is 0 Å². The van der Waals surface area contributed by atoms with Gasteiger partial charge in [-0.25, -0.2) is 4.98 Å². The molecule has 0 aliphatic carbocycles. The molecule has 1 heterocycles. The normalized spacial score (nSPS) is 9.50. The van der Waals surface area contributed by atoms with Gasteiger partial charge in [0.2, 0.25) is 0 Å². The minimum absolute atomic E-state index is 0.326. The van der Waals surface area contributed by atoms with E-state index in [0.717, 1.165) is 0 Å². The molecular weight excluding hydrogens is 124 g/mol. The molecule has 0 fully saturated rings. The number of hydrogen-bond donors (Lipinski definition) is 3. The third kappa shape index (κ3) is 0.671. The van der Waals surface area contributed by atoms with E-state index in [0.29, 0.717) is 16.0 Å². The summed E-state index contributed by atoms with van der Waals surface area (Å²) in [4.78, 5) is 3.66. The zero-order chi connectivity index (χ0) is 6.15. The molecule has 0 bridgehead atoms. The summed E-state index contributed by atoms with van der Waals surface area (Å²) in [6.45, 7) is 0. The fraction of sp³-hybridized carbons (Fsp3) is 0. The van der Waals surface area contributed by atoms with Crippen LogP contribution in [0.1, 0.15) is 0 Å². The zero-order valence-electron chi connectivity index (χ0n) is 4.09. The Morgan fingerprint density at radius 2 is 1.88 bits per heavy atom. The Labute approximate surface area is 50.3 Å². The second-order valence-corrected chi connectivity index (χ2v) is 2.36. The molecule has 0 atom stereocenters. The van der Waals surface area contributed by atoms with E-state index >= 15 is 0 Å². The SMILES string of the molecule is Nc1nc(N)c(N)s1. The number of thiazole rings is 1. The van der Waals surface area contributed by atoms with Crippen molar-refractivity contribution in [2.45, 2.75) is 0 Å². The fourth-order valence-electron chi connectivity index (χ4n) is 0.362. The summed E-state index contributed by atoms with van der Waals surface area (Å²) in [5.41, 5.74) is 15.8. The molecule has 0 amide bonds. The van der Waals surface area contributed by atoms with Crippen LogP contribution in [0.2, 0.25) is 0 Å². The number of aromatic nitrogens is 1. The molecule has 0 saturated heterocycles. The van der Waals surface area contributed by atoms with Crippen molar-refractivity contribution in [1.82, 2.24) is 4.98 Å². The maximum atomic E-state index is 5.29. The third-order valence-corrected chi connectivity index (χ3v) is 1.43. The lowest BCUT2D eigenvalue weighted by atomic mass is 10.7. The van der Waals surface area contributed by atoms with Crippen molar-refractivity contribution in [2.24, 2.45) is 0 Å². The van der Waals surface area contributed by atoms with E-state index in [2.05, 4.69) is 4.98 Å². The molecule has 5 heteroatoms. The van der Waals surface area contributed by atoms with Gasteiger partial charge in [0.05, 0.1) is 0 Å². The van der Waals surface area contributed by atoms with Crippen LogP contribution in [0.3, 0.4) is 0 Å². The van der Waals surface area contributed by atoms with Crippen molar-refractivity contribution in [2.75, 3.05) is 17.2 Å². The lowest BCUT2D eigenvalue weighted by Gasteiger charge is -1.79. The molecule has 1 aromatic heterocycles. The molecule has 0 aromatic carbocycles. The Kier molecular flexibility index (Phi) is 0.980. The second-order valence-electron chi connectivity index (χ2n) is 1.30. The third-order valence-electron chi connectivity index (χ3n) is 0.698. The molecule has 0 aliphatic heterocycles. The smallest absolute Gasteiger partial charge is 0.184 e. The molecular formula is C3H6N4S. The molecule has 44 valence electrons. The summed E-state index contributed by atoms with van der Waals surface area (Å²) >= 11 is 1.19. The first-order valence-corrected chi connectivity index (χ1v) is 2.79. The lowest BCUT2D eigenvalue weighted by molar-refractivity contribution is 1.43. The van der Waals surface area contributed by atoms with Crippen LogP contribution in [0.4, 0.5) is 16.0 Å². The average Bonchev–Trinajstić information content (AvgIpc) is 1.85. The van der Waals surface area contributed by atoms with Gasteiger partial charge in [0.25, 0.3) is 0 Å². The van der Waals surface area contributed by atoms with Crippen LogP contribution in [-0.2, 0) is 0 Å². The largest absolute Gasteiger partial charge is 0.387 e. The maximum Gasteiger partial charge on any atom is 0.184 e. The highest BCUT2D eigenvalue weighted by molar-refractivity contribution is 7.19. The molecule has 4 nitrogen and oxygen atoms in total. The quantitative estimate of drug-likeness (QED) is 0.457. The van der Waals surface area contributed by atoms with Crippen LogP contribution in [0.15, 0.2) is 0 Å². The number of nitrogens with zero attached hydrogens (tertiary/aromatic N) is 1. The summed E-state index contributed by atoms with van der Waals surface area (Å²) in [5, 5.41) is 0.905. The Morgan fingerprint density at radius 3 is 2.00 bits per heavy atom.